The predicted octanol–water partition coefficient (Wildman–Crippen LogP) is 1.76. The second kappa shape index (κ2) is 7.65. The highest BCUT2D eigenvalue weighted by atomic mass is 32.1. The van der Waals surface area contributed by atoms with Crippen molar-refractivity contribution in [3.05, 3.63) is 16.6 Å². The van der Waals surface area contributed by atoms with Crippen molar-refractivity contribution in [3.63, 3.8) is 0 Å². The van der Waals surface area contributed by atoms with E-state index in [1.54, 1.807) is 6.20 Å². The van der Waals surface area contributed by atoms with Crippen LogP contribution in [0.4, 0.5) is 4.79 Å². The van der Waals surface area contributed by atoms with Gasteiger partial charge >= 0.3 is 12.0 Å². The minimum Gasteiger partial charge on any atom is -0.481 e. The second-order valence-electron chi connectivity index (χ2n) is 3.84. The third-order valence-electron chi connectivity index (χ3n) is 2.27. The molecule has 1 aromatic heterocycles. The summed E-state index contributed by atoms with van der Waals surface area (Å²) in [6.45, 7) is 2.34. The Hall–Kier alpha value is -1.63. The number of rotatable bonds is 7. The molecule has 0 aliphatic rings. The molecule has 0 radical (unpaired) electrons. The van der Waals surface area contributed by atoms with Gasteiger partial charge in [-0.25, -0.2) is 9.78 Å². The Morgan fingerprint density at radius 1 is 1.50 bits per heavy atom. The maximum atomic E-state index is 11.5. The zero-order chi connectivity index (χ0) is 13.4. The van der Waals surface area contributed by atoms with Crippen LogP contribution in [0.2, 0.25) is 0 Å². The molecular formula is C11H17N3O3S. The van der Waals surface area contributed by atoms with E-state index in [0.717, 1.165) is 5.01 Å². The first-order chi connectivity index (χ1) is 8.59. The van der Waals surface area contributed by atoms with Gasteiger partial charge in [0.15, 0.2) is 0 Å². The Kier molecular flexibility index (Phi) is 6.13. The van der Waals surface area contributed by atoms with Crippen molar-refractivity contribution in [1.29, 1.82) is 0 Å². The molecule has 0 bridgehead atoms. The van der Waals surface area contributed by atoms with E-state index in [4.69, 9.17) is 5.11 Å². The molecule has 1 atom stereocenters. The van der Waals surface area contributed by atoms with Crippen molar-refractivity contribution >= 4 is 23.3 Å². The van der Waals surface area contributed by atoms with Gasteiger partial charge in [-0.1, -0.05) is 0 Å². The number of thiazole rings is 1. The molecule has 0 aromatic carbocycles. The highest BCUT2D eigenvalue weighted by Crippen LogP contribution is 2.14. The van der Waals surface area contributed by atoms with Crippen LogP contribution in [0.15, 0.2) is 11.6 Å². The monoisotopic (exact) mass is 271 g/mol. The lowest BCUT2D eigenvalue weighted by atomic mass is 10.2. The second-order valence-corrected chi connectivity index (χ2v) is 4.77. The number of hydrogen-bond acceptors (Lipinski definition) is 4. The molecule has 0 spiro atoms. The highest BCUT2D eigenvalue weighted by Gasteiger charge is 2.10. The fraction of sp³-hybridized carbons (Fsp3) is 0.545. The quantitative estimate of drug-likeness (QED) is 0.659. The van der Waals surface area contributed by atoms with E-state index in [-0.39, 0.29) is 18.5 Å². The molecule has 0 saturated carbocycles. The number of carboxylic acids is 1. The molecule has 7 heteroatoms. The van der Waals surface area contributed by atoms with Crippen molar-refractivity contribution in [2.24, 2.45) is 0 Å². The fourth-order valence-electron chi connectivity index (χ4n) is 1.36. The number of urea groups is 1. The first kappa shape index (κ1) is 14.4. The van der Waals surface area contributed by atoms with Crippen LogP contribution in [0.3, 0.4) is 0 Å². The average molecular weight is 271 g/mol. The summed E-state index contributed by atoms with van der Waals surface area (Å²) in [7, 11) is 0. The normalized spacial score (nSPS) is 11.8. The lowest BCUT2D eigenvalue weighted by Gasteiger charge is -2.12. The summed E-state index contributed by atoms with van der Waals surface area (Å²) >= 11 is 1.49. The van der Waals surface area contributed by atoms with Crippen molar-refractivity contribution in [2.75, 3.05) is 6.54 Å². The Balaban J connectivity index is 2.12. The van der Waals surface area contributed by atoms with Crippen LogP contribution in [0, 0.1) is 0 Å². The van der Waals surface area contributed by atoms with Crippen LogP contribution in [-0.4, -0.2) is 28.6 Å². The summed E-state index contributed by atoms with van der Waals surface area (Å²) in [5, 5.41) is 16.6. The summed E-state index contributed by atoms with van der Waals surface area (Å²) < 4.78 is 0. The number of carbonyl (C=O) groups is 2. The molecular weight excluding hydrogens is 254 g/mol. The van der Waals surface area contributed by atoms with Gasteiger partial charge in [-0.3, -0.25) is 4.79 Å². The summed E-state index contributed by atoms with van der Waals surface area (Å²) in [4.78, 5) is 25.9. The minimum absolute atomic E-state index is 0.121. The molecule has 0 fully saturated rings. The summed E-state index contributed by atoms with van der Waals surface area (Å²) in [5.74, 6) is -0.808. The Labute approximate surface area is 109 Å². The van der Waals surface area contributed by atoms with Gasteiger partial charge in [0.25, 0.3) is 0 Å². The highest BCUT2D eigenvalue weighted by molar-refractivity contribution is 7.09. The number of hydrogen-bond donors (Lipinski definition) is 3. The molecule has 0 aliphatic carbocycles. The van der Waals surface area contributed by atoms with Gasteiger partial charge in [-0.2, -0.15) is 0 Å². The molecule has 6 nitrogen and oxygen atoms in total. The molecule has 1 aromatic rings. The molecule has 100 valence electrons. The SMILES string of the molecule is CC(NC(=O)NCCCCC(=O)O)c1nccs1. The van der Waals surface area contributed by atoms with Gasteiger partial charge in [0.1, 0.15) is 5.01 Å². The number of aliphatic carboxylic acids is 1. The number of nitrogens with zero attached hydrogens (tertiary/aromatic N) is 1. The van der Waals surface area contributed by atoms with E-state index < -0.39 is 5.97 Å². The zero-order valence-electron chi connectivity index (χ0n) is 10.2. The number of nitrogens with one attached hydrogen (secondary N) is 2. The van der Waals surface area contributed by atoms with Gasteiger partial charge in [-0.15, -0.1) is 11.3 Å². The molecule has 1 heterocycles. The van der Waals surface area contributed by atoms with Crippen molar-refractivity contribution in [3.8, 4) is 0 Å². The topological polar surface area (TPSA) is 91.3 Å². The molecule has 18 heavy (non-hydrogen) atoms. The number of unbranched alkanes of at least 4 members (excludes halogenated alkanes) is 1. The van der Waals surface area contributed by atoms with E-state index in [1.807, 2.05) is 12.3 Å². The maximum Gasteiger partial charge on any atom is 0.315 e. The van der Waals surface area contributed by atoms with Crippen LogP contribution < -0.4 is 10.6 Å². The Morgan fingerprint density at radius 2 is 2.28 bits per heavy atom. The number of amides is 2. The van der Waals surface area contributed by atoms with E-state index >= 15 is 0 Å². The summed E-state index contributed by atoms with van der Waals surface area (Å²) in [6.07, 6.45) is 3.06. The predicted molar refractivity (Wildman–Crippen MR) is 68.6 cm³/mol. The van der Waals surface area contributed by atoms with Crippen molar-refractivity contribution in [1.82, 2.24) is 15.6 Å². The molecule has 1 unspecified atom stereocenters. The Morgan fingerprint density at radius 3 is 2.89 bits per heavy atom. The van der Waals surface area contributed by atoms with E-state index in [1.165, 1.54) is 11.3 Å². The lowest BCUT2D eigenvalue weighted by molar-refractivity contribution is -0.137. The molecule has 1 rings (SSSR count). The first-order valence-electron chi connectivity index (χ1n) is 5.75. The molecule has 2 amide bonds. The van der Waals surface area contributed by atoms with Crippen molar-refractivity contribution in [2.45, 2.75) is 32.2 Å². The first-order valence-corrected chi connectivity index (χ1v) is 6.63. The van der Waals surface area contributed by atoms with Crippen LogP contribution >= 0.6 is 11.3 Å². The van der Waals surface area contributed by atoms with Gasteiger partial charge in [0.2, 0.25) is 0 Å². The van der Waals surface area contributed by atoms with Gasteiger partial charge in [0.05, 0.1) is 6.04 Å². The third-order valence-corrected chi connectivity index (χ3v) is 3.23. The molecule has 3 N–H and O–H groups in total. The van der Waals surface area contributed by atoms with E-state index in [2.05, 4.69) is 15.6 Å². The van der Waals surface area contributed by atoms with Gasteiger partial charge < -0.3 is 15.7 Å². The van der Waals surface area contributed by atoms with E-state index in [0.29, 0.717) is 19.4 Å². The minimum atomic E-state index is -0.808. The number of carbonyl (C=O) groups excluding carboxylic acids is 1. The van der Waals surface area contributed by atoms with E-state index in [9.17, 15) is 9.59 Å². The fourth-order valence-corrected chi connectivity index (χ4v) is 2.01. The maximum absolute atomic E-state index is 11.5. The smallest absolute Gasteiger partial charge is 0.315 e. The van der Waals surface area contributed by atoms with Gasteiger partial charge in [0, 0.05) is 24.5 Å². The van der Waals surface area contributed by atoms with Gasteiger partial charge in [-0.05, 0) is 19.8 Å². The standard InChI is InChI=1S/C11H17N3O3S/c1-8(10-12-6-7-18-10)14-11(17)13-5-3-2-4-9(15)16/h6-8H,2-5H2,1H3,(H,15,16)(H2,13,14,17). The largest absolute Gasteiger partial charge is 0.481 e. The van der Waals surface area contributed by atoms with Crippen molar-refractivity contribution < 1.29 is 14.7 Å². The number of carboxylic acid groups (broad SMARTS) is 1. The third kappa shape index (κ3) is 5.62. The molecule has 0 saturated heterocycles. The van der Waals surface area contributed by atoms with Crippen LogP contribution in [-0.2, 0) is 4.79 Å². The van der Waals surface area contributed by atoms with Crippen LogP contribution in [0.1, 0.15) is 37.2 Å². The zero-order valence-corrected chi connectivity index (χ0v) is 11.0. The summed E-state index contributed by atoms with van der Waals surface area (Å²) in [6, 6.07) is -0.378. The van der Waals surface area contributed by atoms with Crippen LogP contribution in [0.5, 0.6) is 0 Å². The molecule has 0 aliphatic heterocycles. The lowest BCUT2D eigenvalue weighted by Crippen LogP contribution is -2.37. The number of aromatic nitrogens is 1. The van der Waals surface area contributed by atoms with Crippen LogP contribution in [0.25, 0.3) is 0 Å². The average Bonchev–Trinajstić information content (AvgIpc) is 2.81. The summed E-state index contributed by atoms with van der Waals surface area (Å²) in [5.41, 5.74) is 0. The Bertz CT molecular complexity index is 381.